The van der Waals surface area contributed by atoms with E-state index in [4.69, 9.17) is 4.84 Å². The first-order valence-electron chi connectivity index (χ1n) is 4.73. The molecule has 4 heteroatoms. The fourth-order valence-electron chi connectivity index (χ4n) is 1.47. The van der Waals surface area contributed by atoms with Crippen LogP contribution in [-0.2, 0) is 14.4 Å². The minimum absolute atomic E-state index is 0.148. The van der Waals surface area contributed by atoms with Crippen LogP contribution in [0.1, 0.15) is 12.0 Å². The lowest BCUT2D eigenvalue weighted by molar-refractivity contribution is -0.132. The summed E-state index contributed by atoms with van der Waals surface area (Å²) in [4.78, 5) is 15.1. The summed E-state index contributed by atoms with van der Waals surface area (Å²) in [6.45, 7) is 0.674. The highest BCUT2D eigenvalue weighted by atomic mass is 16.7. The Morgan fingerprint density at radius 3 is 3.00 bits per heavy atom. The summed E-state index contributed by atoms with van der Waals surface area (Å²) in [6.07, 6.45) is 0.531. The molecular weight excluding hydrogens is 194 g/mol. The molecule has 1 aliphatic heterocycles. The molecule has 78 valence electrons. The van der Waals surface area contributed by atoms with Gasteiger partial charge in [0.25, 0.3) is 6.47 Å². The van der Waals surface area contributed by atoms with Crippen molar-refractivity contribution in [2.45, 2.75) is 12.5 Å². The van der Waals surface area contributed by atoms with Crippen LogP contribution in [0.3, 0.4) is 0 Å². The largest absolute Gasteiger partial charge is 0.464 e. The van der Waals surface area contributed by atoms with E-state index < -0.39 is 0 Å². The molecule has 1 aromatic carbocycles. The summed E-state index contributed by atoms with van der Waals surface area (Å²) in [5.74, 6) is 0. The Balaban J connectivity index is 1.95. The zero-order valence-electron chi connectivity index (χ0n) is 8.13. The van der Waals surface area contributed by atoms with Gasteiger partial charge < -0.3 is 9.57 Å². The second-order valence-electron chi connectivity index (χ2n) is 3.27. The minimum Gasteiger partial charge on any atom is -0.464 e. The molecule has 1 atom stereocenters. The summed E-state index contributed by atoms with van der Waals surface area (Å²) in [6, 6.07) is 9.81. The van der Waals surface area contributed by atoms with Crippen LogP contribution >= 0.6 is 0 Å². The average molecular weight is 205 g/mol. The Morgan fingerprint density at radius 1 is 1.47 bits per heavy atom. The molecule has 1 aliphatic rings. The van der Waals surface area contributed by atoms with Gasteiger partial charge in [-0.2, -0.15) is 0 Å². The number of ether oxygens (including phenoxy) is 1. The van der Waals surface area contributed by atoms with Crippen LogP contribution in [0.15, 0.2) is 35.5 Å². The van der Waals surface area contributed by atoms with E-state index in [1.807, 2.05) is 30.3 Å². The van der Waals surface area contributed by atoms with E-state index in [1.54, 1.807) is 0 Å². The van der Waals surface area contributed by atoms with Gasteiger partial charge in [-0.1, -0.05) is 35.5 Å². The molecule has 15 heavy (non-hydrogen) atoms. The summed E-state index contributed by atoms with van der Waals surface area (Å²) in [5.41, 5.74) is 1.95. The van der Waals surface area contributed by atoms with Gasteiger partial charge in [0, 0.05) is 6.42 Å². The highest BCUT2D eigenvalue weighted by Gasteiger charge is 2.22. The van der Waals surface area contributed by atoms with Gasteiger partial charge >= 0.3 is 0 Å². The highest BCUT2D eigenvalue weighted by molar-refractivity contribution is 6.01. The number of benzene rings is 1. The molecule has 1 aromatic rings. The Morgan fingerprint density at radius 2 is 2.27 bits per heavy atom. The SMILES string of the molecule is O=COCC1CC(c2ccccc2)=NO1. The van der Waals surface area contributed by atoms with Crippen molar-refractivity contribution in [3.8, 4) is 0 Å². The van der Waals surface area contributed by atoms with Crippen molar-refractivity contribution in [2.24, 2.45) is 5.16 Å². The molecule has 0 amide bonds. The van der Waals surface area contributed by atoms with Crippen molar-refractivity contribution in [3.63, 3.8) is 0 Å². The first-order chi connectivity index (χ1) is 7.40. The van der Waals surface area contributed by atoms with Gasteiger partial charge in [-0.05, 0) is 5.56 Å². The fourth-order valence-corrected chi connectivity index (χ4v) is 1.47. The summed E-state index contributed by atoms with van der Waals surface area (Å²) in [5, 5.41) is 3.96. The van der Waals surface area contributed by atoms with Crippen LogP contribution in [0.2, 0.25) is 0 Å². The molecule has 1 heterocycles. The van der Waals surface area contributed by atoms with Crippen molar-refractivity contribution < 1.29 is 14.4 Å². The van der Waals surface area contributed by atoms with Crippen molar-refractivity contribution >= 4 is 12.2 Å². The van der Waals surface area contributed by atoms with Crippen molar-refractivity contribution in [2.75, 3.05) is 6.61 Å². The molecule has 0 saturated heterocycles. The van der Waals surface area contributed by atoms with Crippen molar-refractivity contribution in [1.29, 1.82) is 0 Å². The quantitative estimate of drug-likeness (QED) is 0.697. The van der Waals surface area contributed by atoms with E-state index in [1.165, 1.54) is 0 Å². The third-order valence-electron chi connectivity index (χ3n) is 2.19. The zero-order chi connectivity index (χ0) is 10.5. The maximum atomic E-state index is 10.00. The summed E-state index contributed by atoms with van der Waals surface area (Å²) >= 11 is 0. The summed E-state index contributed by atoms with van der Waals surface area (Å²) in [7, 11) is 0. The van der Waals surface area contributed by atoms with Crippen LogP contribution in [0.25, 0.3) is 0 Å². The molecule has 0 aliphatic carbocycles. The second-order valence-corrected chi connectivity index (χ2v) is 3.27. The molecule has 0 aromatic heterocycles. The van der Waals surface area contributed by atoms with Crippen LogP contribution in [0.4, 0.5) is 0 Å². The number of carbonyl (C=O) groups is 1. The molecule has 0 radical (unpaired) electrons. The average Bonchev–Trinajstić information content (AvgIpc) is 2.76. The van der Waals surface area contributed by atoms with Gasteiger partial charge in [0.1, 0.15) is 6.61 Å². The minimum atomic E-state index is -0.148. The molecule has 0 N–H and O–H groups in total. The third kappa shape index (κ3) is 2.34. The molecule has 4 nitrogen and oxygen atoms in total. The zero-order valence-corrected chi connectivity index (χ0v) is 8.13. The second kappa shape index (κ2) is 4.59. The number of nitrogens with zero attached hydrogens (tertiary/aromatic N) is 1. The Hall–Kier alpha value is -1.84. The Labute approximate surface area is 87.5 Å². The highest BCUT2D eigenvalue weighted by Crippen LogP contribution is 2.16. The van der Waals surface area contributed by atoms with Crippen LogP contribution in [0, 0.1) is 0 Å². The number of hydrogen-bond acceptors (Lipinski definition) is 4. The smallest absolute Gasteiger partial charge is 0.293 e. The lowest BCUT2D eigenvalue weighted by Gasteiger charge is -2.04. The molecule has 0 spiro atoms. The fraction of sp³-hybridized carbons (Fsp3) is 0.273. The maximum Gasteiger partial charge on any atom is 0.293 e. The molecule has 0 bridgehead atoms. The molecule has 2 rings (SSSR count). The van der Waals surface area contributed by atoms with E-state index in [0.717, 1.165) is 11.3 Å². The molecule has 0 saturated carbocycles. The topological polar surface area (TPSA) is 47.9 Å². The Kier molecular flexibility index (Phi) is 2.97. The van der Waals surface area contributed by atoms with E-state index in [-0.39, 0.29) is 12.7 Å². The van der Waals surface area contributed by atoms with Crippen LogP contribution in [-0.4, -0.2) is 24.9 Å². The van der Waals surface area contributed by atoms with Gasteiger partial charge in [-0.3, -0.25) is 4.79 Å². The first-order valence-corrected chi connectivity index (χ1v) is 4.73. The van der Waals surface area contributed by atoms with Gasteiger partial charge in [0.05, 0.1) is 5.71 Å². The maximum absolute atomic E-state index is 10.00. The summed E-state index contributed by atoms with van der Waals surface area (Å²) < 4.78 is 4.62. The standard InChI is InChI=1S/C11H11NO3/c13-8-14-7-10-6-11(12-15-10)9-4-2-1-3-5-9/h1-5,8,10H,6-7H2. The van der Waals surface area contributed by atoms with E-state index in [2.05, 4.69) is 9.89 Å². The monoisotopic (exact) mass is 205 g/mol. The predicted octanol–water partition coefficient (Wildman–Crippen LogP) is 1.35. The number of oxime groups is 1. The van der Waals surface area contributed by atoms with Gasteiger partial charge in [-0.25, -0.2) is 0 Å². The lowest BCUT2D eigenvalue weighted by atomic mass is 10.1. The van der Waals surface area contributed by atoms with Crippen LogP contribution < -0.4 is 0 Å². The van der Waals surface area contributed by atoms with Gasteiger partial charge in [0.15, 0.2) is 6.10 Å². The van der Waals surface area contributed by atoms with E-state index >= 15 is 0 Å². The number of hydrogen-bond donors (Lipinski definition) is 0. The van der Waals surface area contributed by atoms with Gasteiger partial charge in [-0.15, -0.1) is 0 Å². The van der Waals surface area contributed by atoms with E-state index in [9.17, 15) is 4.79 Å². The van der Waals surface area contributed by atoms with Crippen molar-refractivity contribution in [1.82, 2.24) is 0 Å². The predicted molar refractivity (Wildman–Crippen MR) is 54.5 cm³/mol. The van der Waals surface area contributed by atoms with Crippen LogP contribution in [0.5, 0.6) is 0 Å². The Bertz CT molecular complexity index is 361. The van der Waals surface area contributed by atoms with Gasteiger partial charge in [0.2, 0.25) is 0 Å². The normalized spacial score (nSPS) is 19.2. The molecule has 1 unspecified atom stereocenters. The lowest BCUT2D eigenvalue weighted by Crippen LogP contribution is -2.15. The number of rotatable bonds is 4. The first kappa shape index (κ1) is 9.71. The van der Waals surface area contributed by atoms with E-state index in [0.29, 0.717) is 12.9 Å². The number of carbonyl (C=O) groups excluding carboxylic acids is 1. The molecule has 0 fully saturated rings. The molecular formula is C11H11NO3. The van der Waals surface area contributed by atoms with Crippen molar-refractivity contribution in [3.05, 3.63) is 35.9 Å². The third-order valence-corrected chi connectivity index (χ3v) is 2.19.